The third-order valence-corrected chi connectivity index (χ3v) is 4.33. The zero-order valence-electron chi connectivity index (χ0n) is 11.5. The highest BCUT2D eigenvalue weighted by Crippen LogP contribution is 2.18. The van der Waals surface area contributed by atoms with Gasteiger partial charge in [0.2, 0.25) is 0 Å². The van der Waals surface area contributed by atoms with Crippen LogP contribution in [0.5, 0.6) is 0 Å². The van der Waals surface area contributed by atoms with Crippen LogP contribution in [-0.2, 0) is 19.3 Å². The van der Waals surface area contributed by atoms with Gasteiger partial charge in [-0.2, -0.15) is 0 Å². The van der Waals surface area contributed by atoms with Crippen molar-refractivity contribution in [1.82, 2.24) is 0 Å². The van der Waals surface area contributed by atoms with Crippen molar-refractivity contribution in [2.45, 2.75) is 11.3 Å². The van der Waals surface area contributed by atoms with Crippen molar-refractivity contribution >= 4 is 15.8 Å². The van der Waals surface area contributed by atoms with Gasteiger partial charge in [0.15, 0.2) is 9.84 Å². The van der Waals surface area contributed by atoms with E-state index in [4.69, 9.17) is 14.6 Å². The molecule has 0 unspecified atom stereocenters. The molecule has 0 spiro atoms. The van der Waals surface area contributed by atoms with Crippen molar-refractivity contribution < 1.29 is 32.2 Å². The Balaban J connectivity index is 2.70. The number of ether oxygens (including phenoxy) is 2. The second kappa shape index (κ2) is 8.06. The van der Waals surface area contributed by atoms with E-state index in [1.165, 1.54) is 0 Å². The summed E-state index contributed by atoms with van der Waals surface area (Å²) in [6, 6.07) is 2.66. The van der Waals surface area contributed by atoms with Gasteiger partial charge in [-0.15, -0.1) is 0 Å². The molecule has 0 amide bonds. The summed E-state index contributed by atoms with van der Waals surface area (Å²) in [4.78, 5) is 10.2. The first kappa shape index (κ1) is 17.5. The molecule has 0 aliphatic carbocycles. The minimum Gasteiger partial charge on any atom is -0.478 e. The fraction of sp³-hybridized carbons (Fsp3) is 0.462. The average molecular weight is 320 g/mol. The smallest absolute Gasteiger partial charge is 0.335 e. The van der Waals surface area contributed by atoms with Crippen LogP contribution >= 0.6 is 0 Å². The summed E-state index contributed by atoms with van der Waals surface area (Å²) in [5.74, 6) is -2.71. The Morgan fingerprint density at radius 1 is 1.29 bits per heavy atom. The lowest BCUT2D eigenvalue weighted by Crippen LogP contribution is -2.15. The number of carboxylic acids is 1. The number of methoxy groups -OCH3 is 1. The van der Waals surface area contributed by atoms with Gasteiger partial charge in [-0.05, 0) is 24.6 Å². The Bertz CT molecular complexity index is 584. The van der Waals surface area contributed by atoms with Gasteiger partial charge in [-0.1, -0.05) is 0 Å². The molecule has 8 heteroatoms. The highest BCUT2D eigenvalue weighted by molar-refractivity contribution is 7.91. The molecule has 0 fully saturated rings. The third kappa shape index (κ3) is 5.41. The van der Waals surface area contributed by atoms with Gasteiger partial charge in [-0.3, -0.25) is 0 Å². The second-order valence-corrected chi connectivity index (χ2v) is 6.31. The maximum atomic E-state index is 13.6. The van der Waals surface area contributed by atoms with E-state index in [1.807, 2.05) is 0 Å². The number of aromatic carboxylic acids is 1. The molecule has 0 aliphatic heterocycles. The Hall–Kier alpha value is -1.51. The number of carbonyl (C=O) groups is 1. The van der Waals surface area contributed by atoms with Gasteiger partial charge in [0.25, 0.3) is 0 Å². The molecule has 21 heavy (non-hydrogen) atoms. The third-order valence-electron chi connectivity index (χ3n) is 2.65. The lowest BCUT2D eigenvalue weighted by molar-refractivity contribution is 0.0696. The van der Waals surface area contributed by atoms with E-state index in [9.17, 15) is 17.6 Å². The first-order valence-corrected chi connectivity index (χ1v) is 7.86. The van der Waals surface area contributed by atoms with Crippen LogP contribution in [0.2, 0.25) is 0 Å². The zero-order valence-corrected chi connectivity index (χ0v) is 12.4. The van der Waals surface area contributed by atoms with Crippen molar-refractivity contribution in [2.24, 2.45) is 0 Å². The topological polar surface area (TPSA) is 89.9 Å². The zero-order chi connectivity index (χ0) is 15.9. The SMILES string of the molecule is COCCCOCCS(=O)(=O)c1cc(C(=O)O)ccc1F. The Kier molecular flexibility index (Phi) is 6.73. The number of benzene rings is 1. The summed E-state index contributed by atoms with van der Waals surface area (Å²) < 4.78 is 47.5. The van der Waals surface area contributed by atoms with Crippen LogP contribution in [0, 0.1) is 5.82 Å². The van der Waals surface area contributed by atoms with Gasteiger partial charge in [0.05, 0.1) is 17.9 Å². The molecule has 0 saturated heterocycles. The van der Waals surface area contributed by atoms with E-state index in [0.29, 0.717) is 19.6 Å². The van der Waals surface area contributed by atoms with Crippen molar-refractivity contribution in [1.29, 1.82) is 0 Å². The normalized spacial score (nSPS) is 11.5. The molecule has 0 saturated carbocycles. The van der Waals surface area contributed by atoms with Crippen LogP contribution in [0.1, 0.15) is 16.8 Å². The van der Waals surface area contributed by atoms with E-state index in [1.54, 1.807) is 7.11 Å². The molecule has 0 radical (unpaired) electrons. The quantitative estimate of drug-likeness (QED) is 0.691. The summed E-state index contributed by atoms with van der Waals surface area (Å²) in [5, 5.41) is 8.81. The van der Waals surface area contributed by atoms with E-state index in [0.717, 1.165) is 18.2 Å². The van der Waals surface area contributed by atoms with Crippen LogP contribution in [0.15, 0.2) is 23.1 Å². The summed E-state index contributed by atoms with van der Waals surface area (Å²) in [6.45, 7) is 0.742. The molecule has 0 bridgehead atoms. The molecule has 1 N–H and O–H groups in total. The number of hydrogen-bond acceptors (Lipinski definition) is 5. The van der Waals surface area contributed by atoms with E-state index < -0.39 is 32.3 Å². The first-order chi connectivity index (χ1) is 9.88. The van der Waals surface area contributed by atoms with E-state index >= 15 is 0 Å². The van der Waals surface area contributed by atoms with Crippen LogP contribution in [-0.4, -0.2) is 52.2 Å². The molecule has 1 aromatic carbocycles. The second-order valence-electron chi connectivity index (χ2n) is 4.23. The van der Waals surface area contributed by atoms with E-state index in [2.05, 4.69) is 0 Å². The highest BCUT2D eigenvalue weighted by atomic mass is 32.2. The van der Waals surface area contributed by atoms with Crippen LogP contribution in [0.25, 0.3) is 0 Å². The standard InChI is InChI=1S/C13H17FO6S/c1-19-5-2-6-20-7-8-21(17,18)12-9-10(13(15)16)3-4-11(12)14/h3-4,9H,2,5-8H2,1H3,(H,15,16). The maximum Gasteiger partial charge on any atom is 0.335 e. The molecule has 0 atom stereocenters. The maximum absolute atomic E-state index is 13.6. The predicted molar refractivity (Wildman–Crippen MR) is 72.7 cm³/mol. The Labute approximate surface area is 122 Å². The minimum absolute atomic E-state index is 0.0945. The molecule has 0 aliphatic rings. The number of hydrogen-bond donors (Lipinski definition) is 1. The van der Waals surface area contributed by atoms with Gasteiger partial charge < -0.3 is 14.6 Å². The molecule has 0 aromatic heterocycles. The number of rotatable bonds is 9. The molecular formula is C13H17FO6S. The summed E-state index contributed by atoms with van der Waals surface area (Å²) in [5.41, 5.74) is -0.281. The molecular weight excluding hydrogens is 303 g/mol. The first-order valence-electron chi connectivity index (χ1n) is 6.21. The minimum atomic E-state index is -3.93. The molecule has 0 heterocycles. The number of sulfone groups is 1. The van der Waals surface area contributed by atoms with Crippen molar-refractivity contribution in [2.75, 3.05) is 32.7 Å². The molecule has 1 rings (SSSR count). The van der Waals surface area contributed by atoms with Crippen LogP contribution < -0.4 is 0 Å². The molecule has 6 nitrogen and oxygen atoms in total. The number of carboxylic acid groups (broad SMARTS) is 1. The molecule has 1 aromatic rings. The van der Waals surface area contributed by atoms with Gasteiger partial charge in [-0.25, -0.2) is 17.6 Å². The van der Waals surface area contributed by atoms with Gasteiger partial charge >= 0.3 is 5.97 Å². The fourth-order valence-electron chi connectivity index (χ4n) is 1.56. The Morgan fingerprint density at radius 3 is 2.62 bits per heavy atom. The van der Waals surface area contributed by atoms with Crippen molar-refractivity contribution in [3.05, 3.63) is 29.6 Å². The summed E-state index contributed by atoms with van der Waals surface area (Å²) >= 11 is 0. The summed E-state index contributed by atoms with van der Waals surface area (Å²) in [7, 11) is -2.39. The lowest BCUT2D eigenvalue weighted by Gasteiger charge is -2.07. The van der Waals surface area contributed by atoms with Gasteiger partial charge in [0, 0.05) is 20.3 Å². The van der Waals surface area contributed by atoms with Crippen LogP contribution in [0.4, 0.5) is 4.39 Å². The fourth-order valence-corrected chi connectivity index (χ4v) is 2.79. The lowest BCUT2D eigenvalue weighted by atomic mass is 10.2. The van der Waals surface area contributed by atoms with Gasteiger partial charge in [0.1, 0.15) is 10.7 Å². The Morgan fingerprint density at radius 2 is 2.00 bits per heavy atom. The van der Waals surface area contributed by atoms with Crippen molar-refractivity contribution in [3.8, 4) is 0 Å². The summed E-state index contributed by atoms with van der Waals surface area (Å²) in [6.07, 6.45) is 0.624. The monoisotopic (exact) mass is 320 g/mol. The highest BCUT2D eigenvalue weighted by Gasteiger charge is 2.21. The van der Waals surface area contributed by atoms with Crippen molar-refractivity contribution in [3.63, 3.8) is 0 Å². The molecule has 118 valence electrons. The average Bonchev–Trinajstić information content (AvgIpc) is 2.42. The largest absolute Gasteiger partial charge is 0.478 e. The van der Waals surface area contributed by atoms with E-state index in [-0.39, 0.29) is 12.2 Å². The van der Waals surface area contributed by atoms with Crippen LogP contribution in [0.3, 0.4) is 0 Å². The number of halogens is 1. The predicted octanol–water partition coefficient (Wildman–Crippen LogP) is 1.35.